The maximum atomic E-state index is 12.1. The van der Waals surface area contributed by atoms with Crippen LogP contribution in [0.15, 0.2) is 29.3 Å². The molecule has 0 bridgehead atoms. The molecule has 2 atom stereocenters. The van der Waals surface area contributed by atoms with Crippen LogP contribution in [0.25, 0.3) is 0 Å². The van der Waals surface area contributed by atoms with Crippen molar-refractivity contribution < 1.29 is 17.9 Å². The molecule has 0 N–H and O–H groups in total. The highest BCUT2D eigenvalue weighted by Crippen LogP contribution is 2.42. The van der Waals surface area contributed by atoms with Crippen LogP contribution in [0.1, 0.15) is 12.8 Å². The molecule has 1 saturated carbocycles. The fraction of sp³-hybridized carbons (Fsp3) is 0.500. The van der Waals surface area contributed by atoms with E-state index in [-0.39, 0.29) is 34.6 Å². The Kier molecular flexibility index (Phi) is 3.84. The highest BCUT2D eigenvalue weighted by Gasteiger charge is 2.49. The van der Waals surface area contributed by atoms with Gasteiger partial charge in [0.2, 0.25) is 0 Å². The molecular weight excluding hydrogens is 348 g/mol. The van der Waals surface area contributed by atoms with Gasteiger partial charge in [-0.15, -0.1) is 0 Å². The number of hydrogen-bond acceptors (Lipinski definition) is 5. The lowest BCUT2D eigenvalue weighted by molar-refractivity contribution is -0.118. The van der Waals surface area contributed by atoms with Crippen molar-refractivity contribution in [3.05, 3.63) is 24.3 Å². The summed E-state index contributed by atoms with van der Waals surface area (Å²) in [5.41, 5.74) is 0.843. The van der Waals surface area contributed by atoms with Crippen LogP contribution < -0.4 is 9.64 Å². The van der Waals surface area contributed by atoms with E-state index < -0.39 is 9.84 Å². The van der Waals surface area contributed by atoms with Crippen molar-refractivity contribution in [2.24, 2.45) is 10.9 Å². The normalized spacial score (nSPS) is 29.7. The van der Waals surface area contributed by atoms with Crippen molar-refractivity contribution in [2.75, 3.05) is 23.5 Å². The molecule has 1 amide bonds. The standard InChI is InChI=1S/C16H18N2O4S2/c1-22-12-6-4-11(5-7-12)18-13-8-24(20,21)9-14(13)23-16(18)17-15(19)10-2-3-10/h4-7,10,13-14H,2-3,8-9H2,1H3/t13-,14-/m0/s1. The van der Waals surface area contributed by atoms with Gasteiger partial charge in [0.05, 0.1) is 24.7 Å². The molecule has 0 radical (unpaired) electrons. The lowest BCUT2D eigenvalue weighted by Gasteiger charge is -2.24. The molecule has 1 aliphatic carbocycles. The Balaban J connectivity index is 1.69. The number of fused-ring (bicyclic) bond motifs is 1. The van der Waals surface area contributed by atoms with Crippen LogP contribution in [0, 0.1) is 5.92 Å². The van der Waals surface area contributed by atoms with Gasteiger partial charge < -0.3 is 9.64 Å². The van der Waals surface area contributed by atoms with Gasteiger partial charge in [0.1, 0.15) is 5.75 Å². The first-order valence-corrected chi connectivity index (χ1v) is 10.6. The lowest BCUT2D eigenvalue weighted by Crippen LogP contribution is -2.37. The number of benzene rings is 1. The Morgan fingerprint density at radius 2 is 1.96 bits per heavy atom. The van der Waals surface area contributed by atoms with E-state index in [0.717, 1.165) is 24.3 Å². The van der Waals surface area contributed by atoms with Crippen LogP contribution in [0.2, 0.25) is 0 Å². The van der Waals surface area contributed by atoms with E-state index >= 15 is 0 Å². The summed E-state index contributed by atoms with van der Waals surface area (Å²) in [5.74, 6) is 0.950. The molecule has 0 aromatic heterocycles. The average Bonchev–Trinajstić information content (AvgIpc) is 3.28. The topological polar surface area (TPSA) is 76.0 Å². The molecule has 0 unspecified atom stereocenters. The van der Waals surface area contributed by atoms with Crippen molar-refractivity contribution in [3.8, 4) is 5.75 Å². The SMILES string of the molecule is COc1ccc(N2C(=NC(=O)C3CC3)S[C@H]3CS(=O)(=O)C[C@@H]32)cc1. The first-order chi connectivity index (χ1) is 11.5. The Hall–Kier alpha value is -1.54. The van der Waals surface area contributed by atoms with E-state index in [1.54, 1.807) is 7.11 Å². The van der Waals surface area contributed by atoms with Crippen LogP contribution >= 0.6 is 11.8 Å². The number of thioether (sulfide) groups is 1. The van der Waals surface area contributed by atoms with Gasteiger partial charge in [-0.05, 0) is 37.1 Å². The summed E-state index contributed by atoms with van der Waals surface area (Å²) in [7, 11) is -1.44. The fourth-order valence-electron chi connectivity index (χ4n) is 3.13. The highest BCUT2D eigenvalue weighted by atomic mass is 32.2. The number of rotatable bonds is 3. The van der Waals surface area contributed by atoms with Crippen LogP contribution in [0.4, 0.5) is 5.69 Å². The maximum absolute atomic E-state index is 12.1. The molecule has 3 fully saturated rings. The van der Waals surface area contributed by atoms with Crippen molar-refractivity contribution >= 4 is 38.4 Å². The molecule has 24 heavy (non-hydrogen) atoms. The minimum atomic E-state index is -3.04. The zero-order valence-electron chi connectivity index (χ0n) is 13.2. The molecule has 2 saturated heterocycles. The minimum Gasteiger partial charge on any atom is -0.497 e. The van der Waals surface area contributed by atoms with E-state index in [1.165, 1.54) is 11.8 Å². The molecule has 4 rings (SSSR count). The van der Waals surface area contributed by atoms with Gasteiger partial charge in [0.15, 0.2) is 15.0 Å². The molecule has 2 aliphatic heterocycles. The van der Waals surface area contributed by atoms with Gasteiger partial charge in [-0.2, -0.15) is 4.99 Å². The quantitative estimate of drug-likeness (QED) is 0.811. The number of methoxy groups -OCH3 is 1. The van der Waals surface area contributed by atoms with E-state index in [9.17, 15) is 13.2 Å². The first-order valence-electron chi connectivity index (χ1n) is 7.90. The number of ether oxygens (including phenoxy) is 1. The van der Waals surface area contributed by atoms with Gasteiger partial charge in [0, 0.05) is 16.9 Å². The van der Waals surface area contributed by atoms with E-state index in [1.807, 2.05) is 29.2 Å². The average molecular weight is 366 g/mol. The zero-order valence-corrected chi connectivity index (χ0v) is 14.8. The second kappa shape index (κ2) is 5.77. The van der Waals surface area contributed by atoms with Gasteiger partial charge in [0.25, 0.3) is 5.91 Å². The van der Waals surface area contributed by atoms with Crippen LogP contribution in [0.3, 0.4) is 0 Å². The van der Waals surface area contributed by atoms with E-state index in [2.05, 4.69) is 4.99 Å². The molecule has 128 valence electrons. The number of amides is 1. The van der Waals surface area contributed by atoms with Gasteiger partial charge in [-0.3, -0.25) is 4.79 Å². The largest absolute Gasteiger partial charge is 0.497 e. The number of nitrogens with zero attached hydrogens (tertiary/aromatic N) is 2. The number of hydrogen-bond donors (Lipinski definition) is 0. The van der Waals surface area contributed by atoms with E-state index in [4.69, 9.17) is 4.74 Å². The molecule has 6 nitrogen and oxygen atoms in total. The summed E-state index contributed by atoms with van der Waals surface area (Å²) in [5, 5.41) is 0.560. The number of amidine groups is 1. The summed E-state index contributed by atoms with van der Waals surface area (Å²) in [6.45, 7) is 0. The highest BCUT2D eigenvalue weighted by molar-refractivity contribution is 8.16. The van der Waals surface area contributed by atoms with Crippen molar-refractivity contribution in [1.82, 2.24) is 0 Å². The molecule has 1 aromatic carbocycles. The minimum absolute atomic E-state index is 0.0555. The zero-order chi connectivity index (χ0) is 16.9. The molecule has 2 heterocycles. The second-order valence-electron chi connectivity index (χ2n) is 6.38. The van der Waals surface area contributed by atoms with Crippen molar-refractivity contribution in [3.63, 3.8) is 0 Å². The van der Waals surface area contributed by atoms with Crippen LogP contribution in [0.5, 0.6) is 5.75 Å². The Morgan fingerprint density at radius 1 is 1.25 bits per heavy atom. The number of sulfone groups is 1. The number of aliphatic imine (C=N–C) groups is 1. The summed E-state index contributed by atoms with van der Waals surface area (Å²) in [6.07, 6.45) is 1.81. The molecule has 3 aliphatic rings. The molecule has 0 spiro atoms. The molecular formula is C16H18N2O4S2. The summed E-state index contributed by atoms with van der Waals surface area (Å²) in [4.78, 5) is 18.3. The Morgan fingerprint density at radius 3 is 2.58 bits per heavy atom. The van der Waals surface area contributed by atoms with Crippen LogP contribution in [-0.4, -0.2) is 49.4 Å². The summed E-state index contributed by atoms with van der Waals surface area (Å²) in [6, 6.07) is 7.25. The van der Waals surface area contributed by atoms with Crippen LogP contribution in [-0.2, 0) is 14.6 Å². The van der Waals surface area contributed by atoms with Gasteiger partial charge in [-0.1, -0.05) is 11.8 Å². The third-order valence-corrected chi connectivity index (χ3v) is 7.76. The summed E-state index contributed by atoms with van der Waals surface area (Å²) >= 11 is 1.41. The predicted octanol–water partition coefficient (Wildman–Crippen LogP) is 1.71. The van der Waals surface area contributed by atoms with E-state index in [0.29, 0.717) is 5.17 Å². The first kappa shape index (κ1) is 16.0. The van der Waals surface area contributed by atoms with Gasteiger partial charge in [-0.25, -0.2) is 8.42 Å². The molecule has 1 aromatic rings. The van der Waals surface area contributed by atoms with Gasteiger partial charge >= 0.3 is 0 Å². The monoisotopic (exact) mass is 366 g/mol. The Bertz CT molecular complexity index is 800. The number of carbonyl (C=O) groups excluding carboxylic acids is 1. The predicted molar refractivity (Wildman–Crippen MR) is 94.5 cm³/mol. The number of carbonyl (C=O) groups is 1. The smallest absolute Gasteiger partial charge is 0.251 e. The van der Waals surface area contributed by atoms with Crippen molar-refractivity contribution in [1.29, 1.82) is 0 Å². The lowest BCUT2D eigenvalue weighted by atomic mass is 10.2. The third kappa shape index (κ3) is 2.93. The number of anilines is 1. The maximum Gasteiger partial charge on any atom is 0.251 e. The Labute approximate surface area is 145 Å². The van der Waals surface area contributed by atoms with Crippen molar-refractivity contribution in [2.45, 2.75) is 24.1 Å². The fourth-order valence-corrected chi connectivity index (χ4v) is 7.04. The molecule has 8 heteroatoms. The third-order valence-electron chi connectivity index (χ3n) is 4.55. The second-order valence-corrected chi connectivity index (χ2v) is 9.74. The summed E-state index contributed by atoms with van der Waals surface area (Å²) < 4.78 is 29.2.